The zero-order valence-electron chi connectivity index (χ0n) is 32.6. The molecule has 318 valence electrons. The molecule has 19 nitrogen and oxygen atoms in total. The first-order chi connectivity index (χ1) is 27.4. The Balaban J connectivity index is 1.38. The number of esters is 1. The maximum Gasteiger partial charge on any atom is 0.325 e. The van der Waals surface area contributed by atoms with Gasteiger partial charge in [0.05, 0.1) is 45.2 Å². The van der Waals surface area contributed by atoms with E-state index < -0.39 is 29.9 Å². The Hall–Kier alpha value is -4.05. The Kier molecular flexibility index (Phi) is 18.7. The molecule has 3 saturated heterocycles. The number of unbranched alkanes of at least 4 members (excludes halogenated alkanes) is 1. The van der Waals surface area contributed by atoms with Gasteiger partial charge in [0.2, 0.25) is 11.8 Å². The van der Waals surface area contributed by atoms with Crippen LogP contribution in [0.25, 0.3) is 0 Å². The highest BCUT2D eigenvalue weighted by Gasteiger charge is 2.42. The van der Waals surface area contributed by atoms with Crippen molar-refractivity contribution in [2.75, 3.05) is 103 Å². The minimum atomic E-state index is -1.05. The molecule has 0 spiro atoms. The van der Waals surface area contributed by atoms with Gasteiger partial charge in [-0.1, -0.05) is 18.6 Å². The quantitative estimate of drug-likeness (QED) is 0.0500. The Labute approximate surface area is 337 Å². The van der Waals surface area contributed by atoms with Gasteiger partial charge in [-0.25, -0.2) is 4.79 Å². The summed E-state index contributed by atoms with van der Waals surface area (Å²) in [6.07, 6.45) is 2.59. The molecule has 4 atom stereocenters. The number of benzene rings is 1. The van der Waals surface area contributed by atoms with Crippen LogP contribution in [0, 0.1) is 0 Å². The van der Waals surface area contributed by atoms with Crippen LogP contribution in [0.2, 0.25) is 0 Å². The molecule has 7 N–H and O–H groups in total. The smallest absolute Gasteiger partial charge is 0.325 e. The summed E-state index contributed by atoms with van der Waals surface area (Å²) in [5, 5.41) is 48.2. The van der Waals surface area contributed by atoms with Crippen molar-refractivity contribution in [1.82, 2.24) is 35.1 Å². The summed E-state index contributed by atoms with van der Waals surface area (Å²) in [6.45, 7) is 2.35. The highest BCUT2D eigenvalue weighted by atomic mass is 32.2. The fourth-order valence-corrected chi connectivity index (χ4v) is 8.87. The number of aliphatic hydroxyl groups excluding tert-OH is 2. The monoisotopic (exact) mass is 822 g/mol. The number of thioether (sulfide) groups is 1. The Morgan fingerprint density at radius 3 is 2.16 bits per heavy atom. The third kappa shape index (κ3) is 15.3. The van der Waals surface area contributed by atoms with Crippen molar-refractivity contribution in [2.24, 2.45) is 0 Å². The number of urea groups is 1. The number of carbonyl (C=O) groups is 6. The Bertz CT molecular complexity index is 1510. The second kappa shape index (κ2) is 23.4. The summed E-state index contributed by atoms with van der Waals surface area (Å²) in [4.78, 5) is 82.5. The molecular formula is C37H58N8O11S. The fourth-order valence-electron chi connectivity index (χ4n) is 7.33. The van der Waals surface area contributed by atoms with Gasteiger partial charge < -0.3 is 46.0 Å². The number of amides is 4. The predicted molar refractivity (Wildman–Crippen MR) is 210 cm³/mol. The number of fused-ring (bicyclic) bond motifs is 1. The van der Waals surface area contributed by atoms with Gasteiger partial charge in [0.15, 0.2) is 0 Å². The van der Waals surface area contributed by atoms with Gasteiger partial charge in [0.25, 0.3) is 0 Å². The second-order valence-corrected chi connectivity index (χ2v) is 15.8. The number of hydrogen-bond acceptors (Lipinski definition) is 14. The molecule has 4 rings (SSSR count). The van der Waals surface area contributed by atoms with Crippen LogP contribution in [-0.4, -0.2) is 202 Å². The molecule has 57 heavy (non-hydrogen) atoms. The van der Waals surface area contributed by atoms with Crippen LogP contribution < -0.4 is 16.0 Å². The topological polar surface area (TPSA) is 245 Å². The van der Waals surface area contributed by atoms with Gasteiger partial charge >= 0.3 is 23.9 Å². The van der Waals surface area contributed by atoms with Crippen molar-refractivity contribution in [2.45, 2.75) is 62.4 Å². The van der Waals surface area contributed by atoms with Crippen LogP contribution in [0.3, 0.4) is 0 Å². The van der Waals surface area contributed by atoms with Crippen LogP contribution in [0.1, 0.15) is 38.2 Å². The molecule has 3 aliphatic rings. The number of carbonyl (C=O) groups excluding carboxylic acids is 4. The van der Waals surface area contributed by atoms with E-state index >= 15 is 0 Å². The summed E-state index contributed by atoms with van der Waals surface area (Å²) < 4.78 is 5.05. The van der Waals surface area contributed by atoms with Crippen LogP contribution >= 0.6 is 11.8 Å². The third-order valence-corrected chi connectivity index (χ3v) is 11.8. The number of carboxylic acids is 2. The lowest BCUT2D eigenvalue weighted by molar-refractivity contribution is -0.149. The van der Waals surface area contributed by atoms with Gasteiger partial charge in [-0.15, -0.1) is 0 Å². The van der Waals surface area contributed by atoms with Crippen molar-refractivity contribution in [3.05, 3.63) is 29.8 Å². The number of nitrogens with one attached hydrogen (secondary N) is 3. The molecule has 0 radical (unpaired) electrons. The van der Waals surface area contributed by atoms with E-state index in [-0.39, 0.29) is 95.0 Å². The van der Waals surface area contributed by atoms with Crippen LogP contribution in [0.4, 0.5) is 10.5 Å². The highest BCUT2D eigenvalue weighted by molar-refractivity contribution is 8.00. The van der Waals surface area contributed by atoms with E-state index in [2.05, 4.69) is 16.0 Å². The minimum Gasteiger partial charge on any atom is -0.480 e. The number of nitrogens with zero attached hydrogens (tertiary/aromatic N) is 5. The average molecular weight is 823 g/mol. The van der Waals surface area contributed by atoms with Gasteiger partial charge in [-0.2, -0.15) is 11.8 Å². The van der Waals surface area contributed by atoms with E-state index in [0.29, 0.717) is 51.3 Å². The van der Waals surface area contributed by atoms with Crippen LogP contribution in [0.5, 0.6) is 0 Å². The molecule has 3 fully saturated rings. The molecule has 3 heterocycles. The van der Waals surface area contributed by atoms with Crippen LogP contribution in [0.15, 0.2) is 24.3 Å². The molecular weight excluding hydrogens is 765 g/mol. The minimum absolute atomic E-state index is 0.0701. The molecule has 4 unspecified atom stereocenters. The summed E-state index contributed by atoms with van der Waals surface area (Å²) >= 11 is 1.79. The Morgan fingerprint density at radius 1 is 0.877 bits per heavy atom. The van der Waals surface area contributed by atoms with Gasteiger partial charge in [0.1, 0.15) is 13.1 Å². The zero-order chi connectivity index (χ0) is 41.3. The average Bonchev–Trinajstić information content (AvgIpc) is 3.72. The molecule has 0 bridgehead atoms. The predicted octanol–water partition coefficient (Wildman–Crippen LogP) is -1.06. The number of anilines is 1. The normalized spacial score (nSPS) is 22.7. The summed E-state index contributed by atoms with van der Waals surface area (Å²) in [7, 11) is 0. The number of rotatable bonds is 19. The van der Waals surface area contributed by atoms with Crippen molar-refractivity contribution in [3.8, 4) is 0 Å². The standard InChI is InChI=1S/C37H58N8O11S/c1-2-56-35(54)22-45(32(49)6-4-3-5-30-36-29(23-57-30)39-37(55)40-36)19-31(48)38-27-9-7-26(8-10-27)17-28-18-43(20-33(50)51)14-13-41(24-46)11-12-42(25-47)15-16-44(28)21-34(52)53/h7-10,28-30,36,46-47H,2-6,11-25H2,1H3,(H,38,48)(H,50,51)(H,52,53)(H2,39,40,55). The van der Waals surface area contributed by atoms with E-state index in [1.807, 2.05) is 0 Å². The maximum atomic E-state index is 13.3. The molecule has 4 amide bonds. The number of ether oxygens (including phenoxy) is 1. The molecule has 0 aromatic heterocycles. The third-order valence-electron chi connectivity index (χ3n) is 10.3. The van der Waals surface area contributed by atoms with Crippen molar-refractivity contribution < 1.29 is 53.9 Å². The Morgan fingerprint density at radius 2 is 1.53 bits per heavy atom. The highest BCUT2D eigenvalue weighted by Crippen LogP contribution is 2.33. The zero-order valence-corrected chi connectivity index (χ0v) is 33.4. The molecule has 1 aromatic carbocycles. The molecule has 20 heteroatoms. The number of aliphatic hydroxyl groups is 2. The molecule has 0 saturated carbocycles. The van der Waals surface area contributed by atoms with Crippen molar-refractivity contribution in [1.29, 1.82) is 0 Å². The maximum absolute atomic E-state index is 13.3. The first-order valence-electron chi connectivity index (χ1n) is 19.4. The lowest BCUT2D eigenvalue weighted by atomic mass is 10.0. The van der Waals surface area contributed by atoms with Gasteiger partial charge in [0, 0.05) is 75.0 Å². The lowest BCUT2D eigenvalue weighted by Gasteiger charge is -2.37. The SMILES string of the molecule is CCOC(=O)CN(CC(=O)Nc1ccc(CC2CN(CC(=O)O)CCN(CO)CCN(CO)CCN2CC(=O)O)cc1)C(=O)CCCCC1SCC2NC(=O)NC21. The number of aliphatic carboxylic acids is 2. The first-order valence-corrected chi connectivity index (χ1v) is 20.5. The van der Waals surface area contributed by atoms with E-state index in [0.717, 1.165) is 24.2 Å². The van der Waals surface area contributed by atoms with E-state index in [1.165, 1.54) is 4.90 Å². The molecule has 0 aliphatic carbocycles. The molecule has 1 aromatic rings. The summed E-state index contributed by atoms with van der Waals surface area (Å²) in [6, 6.07) is 6.50. The lowest BCUT2D eigenvalue weighted by Crippen LogP contribution is -2.53. The number of carboxylic acid groups (broad SMARTS) is 2. The first kappa shape index (κ1) is 45.6. The summed E-state index contributed by atoms with van der Waals surface area (Å²) in [5.74, 6) is -2.74. The van der Waals surface area contributed by atoms with Crippen LogP contribution in [-0.2, 0) is 35.1 Å². The van der Waals surface area contributed by atoms with Gasteiger partial charge in [-0.05, 0) is 43.9 Å². The van der Waals surface area contributed by atoms with E-state index in [9.17, 15) is 49.2 Å². The van der Waals surface area contributed by atoms with E-state index in [4.69, 9.17) is 4.74 Å². The fraction of sp³-hybridized carbons (Fsp3) is 0.676. The van der Waals surface area contributed by atoms with Crippen molar-refractivity contribution >= 4 is 53.2 Å². The number of hydrogen-bond donors (Lipinski definition) is 7. The van der Waals surface area contributed by atoms with Crippen molar-refractivity contribution in [3.63, 3.8) is 0 Å². The van der Waals surface area contributed by atoms with Gasteiger partial charge in [-0.3, -0.25) is 43.6 Å². The summed E-state index contributed by atoms with van der Waals surface area (Å²) in [5.41, 5.74) is 1.23. The largest absolute Gasteiger partial charge is 0.480 e. The van der Waals surface area contributed by atoms with E-state index in [1.54, 1.807) is 62.6 Å². The molecule has 3 aliphatic heterocycles. The second-order valence-electron chi connectivity index (χ2n) is 14.5.